The van der Waals surface area contributed by atoms with Gasteiger partial charge in [0.2, 0.25) is 5.78 Å². The second kappa shape index (κ2) is 9.86. The van der Waals surface area contributed by atoms with Crippen LogP contribution in [0, 0.1) is 18.8 Å². The van der Waals surface area contributed by atoms with E-state index in [0.29, 0.717) is 16.7 Å². The molecule has 11 heteroatoms. The third kappa shape index (κ3) is 4.20. The van der Waals surface area contributed by atoms with Crippen molar-refractivity contribution in [1.82, 2.24) is 10.2 Å². The van der Waals surface area contributed by atoms with Gasteiger partial charge >= 0.3 is 0 Å². The highest BCUT2D eigenvalue weighted by molar-refractivity contribution is 6.24. The average molecular weight is 562 g/mol. The summed E-state index contributed by atoms with van der Waals surface area (Å²) in [7, 11) is 3.08. The van der Waals surface area contributed by atoms with Crippen LogP contribution < -0.4 is 11.1 Å². The molecule has 5 rings (SSSR count). The van der Waals surface area contributed by atoms with Gasteiger partial charge in [0.15, 0.2) is 11.4 Å². The molecular formula is C30H31N3O8. The highest BCUT2D eigenvalue weighted by Crippen LogP contribution is 2.52. The zero-order valence-electron chi connectivity index (χ0n) is 22.8. The average Bonchev–Trinajstić information content (AvgIpc) is 2.90. The first-order valence-electron chi connectivity index (χ1n) is 13.1. The van der Waals surface area contributed by atoms with Gasteiger partial charge in [0.05, 0.1) is 11.6 Å². The third-order valence-corrected chi connectivity index (χ3v) is 8.45. The van der Waals surface area contributed by atoms with Gasteiger partial charge in [0.25, 0.3) is 11.8 Å². The summed E-state index contributed by atoms with van der Waals surface area (Å²) in [5.74, 6) is -7.39. The highest BCUT2D eigenvalue weighted by atomic mass is 16.3. The molecule has 1 fully saturated rings. The lowest BCUT2D eigenvalue weighted by Crippen LogP contribution is -2.65. The summed E-state index contributed by atoms with van der Waals surface area (Å²) >= 11 is 0. The molecule has 214 valence electrons. The van der Waals surface area contributed by atoms with Gasteiger partial charge in [-0.05, 0) is 69.1 Å². The number of carbonyl (C=O) groups excluding carboxylic acids is 4. The Morgan fingerprint density at radius 2 is 1.73 bits per heavy atom. The normalized spacial score (nSPS) is 25.5. The van der Waals surface area contributed by atoms with Crippen LogP contribution in [0.25, 0.3) is 5.76 Å². The van der Waals surface area contributed by atoms with Crippen LogP contribution in [0.2, 0.25) is 0 Å². The minimum atomic E-state index is -2.69. The molecule has 0 aromatic heterocycles. The number of aromatic hydroxyl groups is 1. The first kappa shape index (κ1) is 28.1. The van der Waals surface area contributed by atoms with E-state index < -0.39 is 58.0 Å². The number of primary amides is 1. The van der Waals surface area contributed by atoms with Crippen molar-refractivity contribution in [2.45, 2.75) is 38.0 Å². The molecule has 0 spiro atoms. The van der Waals surface area contributed by atoms with Gasteiger partial charge in [0.1, 0.15) is 22.8 Å². The van der Waals surface area contributed by atoms with Gasteiger partial charge in [-0.3, -0.25) is 24.1 Å². The number of phenols is 1. The Balaban J connectivity index is 1.57. The van der Waals surface area contributed by atoms with Gasteiger partial charge in [-0.2, -0.15) is 0 Å². The van der Waals surface area contributed by atoms with Crippen LogP contribution in [0.15, 0.2) is 53.3 Å². The Morgan fingerprint density at radius 3 is 2.34 bits per heavy atom. The van der Waals surface area contributed by atoms with Crippen LogP contribution in [0.5, 0.6) is 5.75 Å². The number of hydrogen-bond acceptors (Lipinski definition) is 9. The topological polar surface area (TPSA) is 190 Å². The predicted octanol–water partition coefficient (Wildman–Crippen LogP) is 1.20. The molecule has 2 amide bonds. The number of amides is 2. The number of aliphatic hydroxyl groups is 3. The highest BCUT2D eigenvalue weighted by Gasteiger charge is 2.64. The summed E-state index contributed by atoms with van der Waals surface area (Å²) in [6.07, 6.45) is 0.120. The van der Waals surface area contributed by atoms with E-state index in [1.54, 1.807) is 32.3 Å². The Labute approximate surface area is 235 Å². The van der Waals surface area contributed by atoms with Gasteiger partial charge in [-0.1, -0.05) is 23.8 Å². The number of aliphatic hydroxyl groups excluding tert-OH is 2. The smallest absolute Gasteiger partial charge is 0.255 e. The second-order valence-electron chi connectivity index (χ2n) is 11.1. The molecule has 3 aliphatic rings. The van der Waals surface area contributed by atoms with Gasteiger partial charge in [-0.25, -0.2) is 0 Å². The molecule has 4 atom stereocenters. The standard InChI is InChI=1S/C30H31N3O8/c1-13-4-6-14(7-5-13)29(40)32-12-15-8-9-19(34)21-17(15)10-16-11-18-23(33(2)3)25(36)22(28(31)39)27(38)30(18,41)26(37)20(16)24(21)35/h4-9,16,18,23,34-35,38,41H,10-12H2,1-3H3,(H2,31,39)(H,32,40)/t16-,18-,23-,30-/m0/s1. The lowest BCUT2D eigenvalue weighted by atomic mass is 9.57. The molecule has 0 saturated heterocycles. The van der Waals surface area contributed by atoms with Crippen molar-refractivity contribution in [3.05, 3.63) is 81.1 Å². The summed E-state index contributed by atoms with van der Waals surface area (Å²) in [4.78, 5) is 53.4. The maximum Gasteiger partial charge on any atom is 0.255 e. The first-order chi connectivity index (χ1) is 19.3. The fraction of sp³-hybridized carbons (Fsp3) is 0.333. The lowest BCUT2D eigenvalue weighted by Gasteiger charge is -2.50. The van der Waals surface area contributed by atoms with E-state index >= 15 is 0 Å². The second-order valence-corrected chi connectivity index (χ2v) is 11.1. The predicted molar refractivity (Wildman–Crippen MR) is 147 cm³/mol. The number of hydrogen-bond donors (Lipinski definition) is 6. The number of fused-ring (bicyclic) bond motifs is 3. The molecule has 41 heavy (non-hydrogen) atoms. The molecule has 7 N–H and O–H groups in total. The summed E-state index contributed by atoms with van der Waals surface area (Å²) in [6.45, 7) is 1.98. The zero-order chi connectivity index (χ0) is 30.0. The summed E-state index contributed by atoms with van der Waals surface area (Å²) in [5, 5.41) is 47.5. The number of benzene rings is 2. The Bertz CT molecular complexity index is 1570. The number of carbonyl (C=O) groups is 4. The van der Waals surface area contributed by atoms with Crippen molar-refractivity contribution >= 4 is 29.1 Å². The maximum absolute atomic E-state index is 13.9. The Morgan fingerprint density at radius 1 is 1.07 bits per heavy atom. The van der Waals surface area contributed by atoms with E-state index in [2.05, 4.69) is 5.32 Å². The van der Waals surface area contributed by atoms with Crippen LogP contribution in [0.1, 0.15) is 39.0 Å². The van der Waals surface area contributed by atoms with Crippen LogP contribution in [-0.4, -0.2) is 74.4 Å². The minimum Gasteiger partial charge on any atom is -0.508 e. The minimum absolute atomic E-state index is 0.0173. The number of nitrogens with two attached hydrogens (primary N) is 1. The fourth-order valence-corrected chi connectivity index (χ4v) is 6.46. The molecule has 0 bridgehead atoms. The van der Waals surface area contributed by atoms with Crippen molar-refractivity contribution < 1.29 is 39.6 Å². The molecular weight excluding hydrogens is 530 g/mol. The number of nitrogens with zero attached hydrogens (tertiary/aromatic N) is 1. The van der Waals surface area contributed by atoms with Crippen molar-refractivity contribution in [3.63, 3.8) is 0 Å². The molecule has 0 aliphatic heterocycles. The van der Waals surface area contributed by atoms with Crippen LogP contribution >= 0.6 is 0 Å². The van der Waals surface area contributed by atoms with E-state index in [0.717, 1.165) is 5.56 Å². The van der Waals surface area contributed by atoms with Gasteiger partial charge in [-0.15, -0.1) is 0 Å². The molecule has 1 saturated carbocycles. The Kier molecular flexibility index (Phi) is 6.75. The van der Waals surface area contributed by atoms with Gasteiger partial charge in [0, 0.05) is 23.6 Å². The van der Waals surface area contributed by atoms with Crippen molar-refractivity contribution in [1.29, 1.82) is 0 Å². The summed E-state index contributed by atoms with van der Waals surface area (Å²) in [6, 6.07) is 8.82. The fourth-order valence-electron chi connectivity index (χ4n) is 6.46. The number of aryl methyl sites for hydroxylation is 1. The third-order valence-electron chi connectivity index (χ3n) is 8.45. The van der Waals surface area contributed by atoms with E-state index in [9.17, 15) is 39.6 Å². The Hall–Kier alpha value is -4.48. The number of likely N-dealkylation sites (N-methyl/N-ethyl adjacent to an activating group) is 1. The number of phenolic OH excluding ortho intramolecular Hbond substituents is 1. The number of nitrogens with one attached hydrogen (secondary N) is 1. The van der Waals surface area contributed by atoms with E-state index in [4.69, 9.17) is 5.73 Å². The zero-order valence-corrected chi connectivity index (χ0v) is 22.8. The quantitative estimate of drug-likeness (QED) is 0.291. The maximum atomic E-state index is 13.9. The first-order valence-corrected chi connectivity index (χ1v) is 13.1. The van der Waals surface area contributed by atoms with Crippen molar-refractivity contribution in [3.8, 4) is 5.75 Å². The summed E-state index contributed by atoms with van der Waals surface area (Å²) < 4.78 is 0. The largest absolute Gasteiger partial charge is 0.508 e. The number of rotatable bonds is 5. The molecule has 0 radical (unpaired) electrons. The van der Waals surface area contributed by atoms with E-state index in [1.165, 1.54) is 11.0 Å². The van der Waals surface area contributed by atoms with Crippen molar-refractivity contribution in [2.75, 3.05) is 14.1 Å². The van der Waals surface area contributed by atoms with E-state index in [-0.39, 0.29) is 42.2 Å². The van der Waals surface area contributed by atoms with Crippen molar-refractivity contribution in [2.24, 2.45) is 17.6 Å². The lowest BCUT2D eigenvalue weighted by molar-refractivity contribution is -0.153. The molecule has 0 heterocycles. The molecule has 3 aliphatic carbocycles. The molecule has 11 nitrogen and oxygen atoms in total. The van der Waals surface area contributed by atoms with E-state index in [1.807, 2.05) is 19.1 Å². The van der Waals surface area contributed by atoms with Crippen LogP contribution in [0.4, 0.5) is 0 Å². The molecule has 2 aromatic carbocycles. The summed E-state index contributed by atoms with van der Waals surface area (Å²) in [5.41, 5.74) is 4.10. The monoisotopic (exact) mass is 561 g/mol. The van der Waals surface area contributed by atoms with Gasteiger partial charge < -0.3 is 31.5 Å². The van der Waals surface area contributed by atoms with Crippen LogP contribution in [-0.2, 0) is 27.3 Å². The van der Waals surface area contributed by atoms with Crippen LogP contribution in [0.3, 0.4) is 0 Å². The number of ketones is 2. The number of Topliss-reactive ketones (excluding diaryl/α,β-unsaturated/α-hetero) is 2. The molecule has 2 aromatic rings. The SMILES string of the molecule is Cc1ccc(C(=O)NCc2ccc(O)c3c2C[C@H]2C[C@H]4[C@H](N(C)C)C(=O)C(C(N)=O)=C(O)[C@@]4(O)C(=O)C2=C3O)cc1. The molecule has 0 unspecified atom stereocenters.